The number of allylic oxidation sites excluding steroid dienone is 11. The highest BCUT2D eigenvalue weighted by atomic mass is 16.5. The fourth-order valence-corrected chi connectivity index (χ4v) is 6.59. The molecule has 5 aliphatic rings. The van der Waals surface area contributed by atoms with Gasteiger partial charge in [0.05, 0.1) is 65.6 Å². The molecule has 0 aromatic carbocycles. The van der Waals surface area contributed by atoms with Crippen LogP contribution in [0.3, 0.4) is 0 Å². The van der Waals surface area contributed by atoms with E-state index in [1.165, 1.54) is 34.1 Å². The van der Waals surface area contributed by atoms with E-state index in [0.717, 1.165) is 5.57 Å². The molecule has 0 saturated carbocycles. The standard InChI is InChI=1S/C36H40N4O8/c1-17-22(9-10-31(43)47-7)26-15-30-36(46,12-11-32(44)48-8)35(6,45)29(40-30)16-28-34(21(5)42)19(3)25(39-28)14-27-33(20(4)41)18(2)24(38-27)13-23(17)37-26/h13-16,40-41,45-46H,9-12H2,1-8H3/b23-13?,25-14?,29-16?,30-15?,33-20-. The number of ketones is 1. The molecule has 8 bridgehead atoms. The zero-order valence-corrected chi connectivity index (χ0v) is 28.4. The van der Waals surface area contributed by atoms with Gasteiger partial charge in [-0.25, -0.2) is 15.0 Å². The largest absolute Gasteiger partial charge is 0.512 e. The number of esters is 2. The van der Waals surface area contributed by atoms with Crippen LogP contribution in [0.2, 0.25) is 0 Å². The van der Waals surface area contributed by atoms with Crippen molar-refractivity contribution in [2.24, 2.45) is 15.0 Å². The number of nitrogens with one attached hydrogen (secondary N) is 1. The van der Waals surface area contributed by atoms with Crippen molar-refractivity contribution in [2.45, 2.75) is 78.4 Å². The van der Waals surface area contributed by atoms with Gasteiger partial charge in [0.2, 0.25) is 0 Å². The monoisotopic (exact) mass is 656 g/mol. The Bertz CT molecular complexity index is 1900. The van der Waals surface area contributed by atoms with E-state index < -0.39 is 23.1 Å². The van der Waals surface area contributed by atoms with Crippen LogP contribution in [0.1, 0.15) is 67.2 Å². The summed E-state index contributed by atoms with van der Waals surface area (Å²) < 4.78 is 9.71. The molecule has 0 spiro atoms. The zero-order valence-electron chi connectivity index (χ0n) is 28.4. The van der Waals surface area contributed by atoms with E-state index in [1.807, 2.05) is 13.8 Å². The zero-order chi connectivity index (χ0) is 35.3. The van der Waals surface area contributed by atoms with Crippen molar-refractivity contribution >= 4 is 34.9 Å². The van der Waals surface area contributed by atoms with Crippen LogP contribution in [-0.2, 0) is 23.9 Å². The van der Waals surface area contributed by atoms with Gasteiger partial charge in [-0.15, -0.1) is 0 Å². The number of methoxy groups -OCH3 is 2. The summed E-state index contributed by atoms with van der Waals surface area (Å²) in [4.78, 5) is 51.9. The molecule has 252 valence electrons. The summed E-state index contributed by atoms with van der Waals surface area (Å²) in [7, 11) is 2.55. The van der Waals surface area contributed by atoms with Crippen LogP contribution < -0.4 is 5.32 Å². The number of hydrogen-bond acceptors (Lipinski definition) is 12. The van der Waals surface area contributed by atoms with Crippen LogP contribution in [-0.4, -0.2) is 75.6 Å². The number of aliphatic hydroxyl groups is 3. The van der Waals surface area contributed by atoms with Gasteiger partial charge in [0.25, 0.3) is 0 Å². The minimum absolute atomic E-state index is 0.0577. The minimum atomic E-state index is -2.04. The van der Waals surface area contributed by atoms with Gasteiger partial charge in [0.1, 0.15) is 11.2 Å². The Morgan fingerprint density at radius 2 is 1.40 bits per heavy atom. The predicted molar refractivity (Wildman–Crippen MR) is 180 cm³/mol. The molecule has 0 radical (unpaired) electrons. The molecule has 12 nitrogen and oxygen atoms in total. The number of rotatable bonds is 7. The number of fused-ring (bicyclic) bond motifs is 5. The maximum Gasteiger partial charge on any atom is 0.305 e. The first kappa shape index (κ1) is 34.4. The molecule has 0 amide bonds. The maximum atomic E-state index is 13.0. The van der Waals surface area contributed by atoms with E-state index in [-0.39, 0.29) is 54.3 Å². The smallest absolute Gasteiger partial charge is 0.305 e. The molecule has 5 aliphatic heterocycles. The second-order valence-corrected chi connectivity index (χ2v) is 12.5. The van der Waals surface area contributed by atoms with E-state index in [9.17, 15) is 29.7 Å². The molecule has 0 aromatic rings. The summed E-state index contributed by atoms with van der Waals surface area (Å²) >= 11 is 0. The van der Waals surface area contributed by atoms with Gasteiger partial charge in [0.15, 0.2) is 5.78 Å². The molecule has 1 fully saturated rings. The highest BCUT2D eigenvalue weighted by Crippen LogP contribution is 2.45. The molecule has 2 atom stereocenters. The normalized spacial score (nSPS) is 25.9. The molecule has 5 heterocycles. The van der Waals surface area contributed by atoms with Crippen LogP contribution in [0.4, 0.5) is 0 Å². The van der Waals surface area contributed by atoms with E-state index in [2.05, 4.69) is 5.32 Å². The SMILES string of the molecule is COC(=O)CCC1=C(C)C2=CC3=C(C)/C(=C(\C)O)C(=N3)C=C3N=C(C=C4NC(=CC1=N2)C(O)(CCC(=O)OC)C4(C)O)C(C(C)=O)=C3C. The maximum absolute atomic E-state index is 13.0. The molecule has 0 aromatic heterocycles. The Labute approximate surface area is 278 Å². The molecule has 0 aliphatic carbocycles. The first-order chi connectivity index (χ1) is 22.5. The third-order valence-electron chi connectivity index (χ3n) is 9.49. The van der Waals surface area contributed by atoms with Crippen molar-refractivity contribution in [1.82, 2.24) is 5.32 Å². The predicted octanol–water partition coefficient (Wildman–Crippen LogP) is 4.22. The van der Waals surface area contributed by atoms with Crippen molar-refractivity contribution in [3.05, 3.63) is 92.0 Å². The Kier molecular flexibility index (Phi) is 9.02. The fourth-order valence-electron chi connectivity index (χ4n) is 6.59. The quantitative estimate of drug-likeness (QED) is 0.231. The summed E-state index contributed by atoms with van der Waals surface area (Å²) in [6.45, 7) is 9.88. The number of ether oxygens (including phenoxy) is 2. The molecule has 12 heteroatoms. The Morgan fingerprint density at radius 1 is 0.792 bits per heavy atom. The van der Waals surface area contributed by atoms with Crippen LogP contribution in [0, 0.1) is 0 Å². The van der Waals surface area contributed by atoms with E-state index >= 15 is 0 Å². The van der Waals surface area contributed by atoms with Gasteiger partial charge in [-0.1, -0.05) is 0 Å². The third kappa shape index (κ3) is 5.75. The summed E-state index contributed by atoms with van der Waals surface area (Å²) in [6.07, 6.45) is 6.49. The van der Waals surface area contributed by atoms with E-state index in [4.69, 9.17) is 24.5 Å². The van der Waals surface area contributed by atoms with Crippen molar-refractivity contribution in [3.8, 4) is 0 Å². The second kappa shape index (κ2) is 12.6. The molecule has 4 N–H and O–H groups in total. The summed E-state index contributed by atoms with van der Waals surface area (Å²) in [5.74, 6) is -1.19. The molecule has 5 rings (SSSR count). The topological polar surface area (TPSA) is 179 Å². The summed E-state index contributed by atoms with van der Waals surface area (Å²) in [5.41, 5.74) is 2.48. The average Bonchev–Trinajstić information content (AvgIpc) is 3.66. The lowest BCUT2D eigenvalue weighted by molar-refractivity contribution is -0.144. The Morgan fingerprint density at radius 3 is 2.02 bits per heavy atom. The minimum Gasteiger partial charge on any atom is -0.512 e. The fraction of sp³-hybridized carbons (Fsp3) is 0.389. The van der Waals surface area contributed by atoms with Crippen LogP contribution in [0.5, 0.6) is 0 Å². The summed E-state index contributed by atoms with van der Waals surface area (Å²) in [6, 6.07) is 0. The summed E-state index contributed by atoms with van der Waals surface area (Å²) in [5, 5.41) is 38.2. The second-order valence-electron chi connectivity index (χ2n) is 12.5. The van der Waals surface area contributed by atoms with Gasteiger partial charge in [0, 0.05) is 24.0 Å². The molecule has 48 heavy (non-hydrogen) atoms. The molecule has 1 saturated heterocycles. The molecule has 2 unspecified atom stereocenters. The third-order valence-corrected chi connectivity index (χ3v) is 9.49. The lowest BCUT2D eigenvalue weighted by Crippen LogP contribution is -2.50. The van der Waals surface area contributed by atoms with Crippen LogP contribution in [0.15, 0.2) is 107 Å². The highest BCUT2D eigenvalue weighted by Gasteiger charge is 2.57. The number of hydrogen-bond donors (Lipinski definition) is 4. The lowest BCUT2D eigenvalue weighted by atomic mass is 9.79. The van der Waals surface area contributed by atoms with Crippen molar-refractivity contribution in [3.63, 3.8) is 0 Å². The number of aliphatic imine (C=N–C) groups is 3. The van der Waals surface area contributed by atoms with Gasteiger partial charge >= 0.3 is 11.9 Å². The first-order valence-electron chi connectivity index (χ1n) is 15.6. The number of nitrogens with zero attached hydrogens (tertiary/aromatic N) is 3. The Balaban J connectivity index is 1.82. The van der Waals surface area contributed by atoms with Gasteiger partial charge in [-0.3, -0.25) is 14.4 Å². The number of carbonyl (C=O) groups is 3. The van der Waals surface area contributed by atoms with E-state index in [1.54, 1.807) is 32.1 Å². The van der Waals surface area contributed by atoms with Crippen LogP contribution >= 0.6 is 0 Å². The van der Waals surface area contributed by atoms with Gasteiger partial charge < -0.3 is 30.1 Å². The number of Topliss-reactive ketones (excluding diaryl/α,β-unsaturated/α-hetero) is 1. The number of carbonyl (C=O) groups excluding carboxylic acids is 3. The lowest BCUT2D eigenvalue weighted by Gasteiger charge is -2.34. The molecular weight excluding hydrogens is 616 g/mol. The number of aliphatic hydroxyl groups excluding tert-OH is 1. The van der Waals surface area contributed by atoms with Gasteiger partial charge in [-0.2, -0.15) is 0 Å². The van der Waals surface area contributed by atoms with Crippen LogP contribution in [0.25, 0.3) is 0 Å². The van der Waals surface area contributed by atoms with Crippen molar-refractivity contribution in [2.75, 3.05) is 14.2 Å². The average molecular weight is 657 g/mol. The van der Waals surface area contributed by atoms with Crippen molar-refractivity contribution < 1.29 is 39.2 Å². The van der Waals surface area contributed by atoms with E-state index in [0.29, 0.717) is 56.4 Å². The van der Waals surface area contributed by atoms with Gasteiger partial charge in [-0.05, 0) is 101 Å². The molecular formula is C36H40N4O8. The first-order valence-corrected chi connectivity index (χ1v) is 15.6. The van der Waals surface area contributed by atoms with Crippen molar-refractivity contribution in [1.29, 1.82) is 0 Å². The Hall–Kier alpha value is -4.94. The highest BCUT2D eigenvalue weighted by molar-refractivity contribution is 6.29.